The van der Waals surface area contributed by atoms with Gasteiger partial charge >= 0.3 is 0 Å². The number of benzene rings is 2. The standard InChI is InChI=1S/C23H23N3O3S/c1-3-29-17-10-8-16(9-11-17)24-22(28)18-12-13-19-20(18)25-23(30-19)26-21(27)15-6-4-14(2)5-7-15/h4-11,18H,3,12-13H2,1-2H3,(H,24,28)(H,25,26,27). The van der Waals surface area contributed by atoms with Crippen molar-refractivity contribution in [1.82, 2.24) is 4.98 Å². The molecule has 1 aliphatic carbocycles. The molecule has 1 aromatic heterocycles. The molecule has 0 spiro atoms. The Hall–Kier alpha value is -3.19. The second-order valence-corrected chi connectivity index (χ2v) is 8.27. The Kier molecular flexibility index (Phi) is 5.81. The largest absolute Gasteiger partial charge is 0.494 e. The van der Waals surface area contributed by atoms with Gasteiger partial charge in [0.1, 0.15) is 5.75 Å². The van der Waals surface area contributed by atoms with E-state index in [0.717, 1.165) is 40.4 Å². The summed E-state index contributed by atoms with van der Waals surface area (Å²) in [4.78, 5) is 30.9. The number of thiazole rings is 1. The summed E-state index contributed by atoms with van der Waals surface area (Å²) in [7, 11) is 0. The highest BCUT2D eigenvalue weighted by atomic mass is 32.1. The summed E-state index contributed by atoms with van der Waals surface area (Å²) < 4.78 is 5.43. The molecule has 0 saturated heterocycles. The number of aromatic nitrogens is 1. The van der Waals surface area contributed by atoms with Crippen molar-refractivity contribution in [3.8, 4) is 5.75 Å². The van der Waals surface area contributed by atoms with Gasteiger partial charge in [-0.2, -0.15) is 0 Å². The highest BCUT2D eigenvalue weighted by molar-refractivity contribution is 7.16. The third kappa shape index (κ3) is 4.36. The molecule has 2 amide bonds. The third-order valence-corrected chi connectivity index (χ3v) is 6.05. The first kappa shape index (κ1) is 20.1. The first-order chi connectivity index (χ1) is 14.5. The van der Waals surface area contributed by atoms with Crippen molar-refractivity contribution >= 4 is 34.0 Å². The number of nitrogens with one attached hydrogen (secondary N) is 2. The van der Waals surface area contributed by atoms with Crippen molar-refractivity contribution in [3.63, 3.8) is 0 Å². The minimum Gasteiger partial charge on any atom is -0.494 e. The first-order valence-electron chi connectivity index (χ1n) is 9.95. The van der Waals surface area contributed by atoms with E-state index in [9.17, 15) is 9.59 Å². The summed E-state index contributed by atoms with van der Waals surface area (Å²) in [5.41, 5.74) is 3.17. The lowest BCUT2D eigenvalue weighted by molar-refractivity contribution is -0.117. The fraction of sp³-hybridized carbons (Fsp3) is 0.261. The minimum atomic E-state index is -0.312. The molecule has 2 aromatic carbocycles. The molecule has 3 aromatic rings. The van der Waals surface area contributed by atoms with E-state index in [2.05, 4.69) is 15.6 Å². The molecule has 30 heavy (non-hydrogen) atoms. The van der Waals surface area contributed by atoms with Gasteiger partial charge in [-0.25, -0.2) is 4.98 Å². The van der Waals surface area contributed by atoms with Crippen molar-refractivity contribution in [2.24, 2.45) is 0 Å². The fourth-order valence-corrected chi connectivity index (χ4v) is 4.47. The Morgan fingerprint density at radius 2 is 1.83 bits per heavy atom. The van der Waals surface area contributed by atoms with Gasteiger partial charge in [-0.05, 0) is 63.1 Å². The Morgan fingerprint density at radius 1 is 1.10 bits per heavy atom. The van der Waals surface area contributed by atoms with Crippen LogP contribution >= 0.6 is 11.3 Å². The molecular formula is C23H23N3O3S. The van der Waals surface area contributed by atoms with Crippen molar-refractivity contribution < 1.29 is 14.3 Å². The average Bonchev–Trinajstić information content (AvgIpc) is 3.30. The SMILES string of the molecule is CCOc1ccc(NC(=O)C2CCc3sc(NC(=O)c4ccc(C)cc4)nc32)cc1. The average molecular weight is 422 g/mol. The fourth-order valence-electron chi connectivity index (χ4n) is 3.44. The van der Waals surface area contributed by atoms with Gasteiger partial charge in [0.2, 0.25) is 5.91 Å². The lowest BCUT2D eigenvalue weighted by atomic mass is 10.1. The summed E-state index contributed by atoms with van der Waals surface area (Å²) in [5.74, 6) is 0.178. The van der Waals surface area contributed by atoms with Crippen LogP contribution in [-0.4, -0.2) is 23.4 Å². The summed E-state index contributed by atoms with van der Waals surface area (Å²) >= 11 is 1.44. The van der Waals surface area contributed by atoms with Gasteiger partial charge in [-0.15, -0.1) is 11.3 Å². The number of hydrogen-bond donors (Lipinski definition) is 2. The molecule has 1 unspecified atom stereocenters. The summed E-state index contributed by atoms with van der Waals surface area (Å²) in [6.45, 7) is 4.51. The van der Waals surface area contributed by atoms with E-state index in [1.54, 1.807) is 12.1 Å². The number of carbonyl (C=O) groups excluding carboxylic acids is 2. The Morgan fingerprint density at radius 3 is 2.53 bits per heavy atom. The quantitative estimate of drug-likeness (QED) is 0.601. The van der Waals surface area contributed by atoms with Gasteiger partial charge in [-0.3, -0.25) is 14.9 Å². The van der Waals surface area contributed by atoms with Gasteiger partial charge in [0.15, 0.2) is 5.13 Å². The van der Waals surface area contributed by atoms with Crippen LogP contribution in [0.25, 0.3) is 0 Å². The number of aryl methyl sites for hydroxylation is 2. The topological polar surface area (TPSA) is 80.3 Å². The second kappa shape index (κ2) is 8.67. The van der Waals surface area contributed by atoms with E-state index in [-0.39, 0.29) is 17.7 Å². The van der Waals surface area contributed by atoms with Crippen LogP contribution in [0.1, 0.15) is 45.8 Å². The highest BCUT2D eigenvalue weighted by Gasteiger charge is 2.33. The van der Waals surface area contributed by atoms with Crippen LogP contribution in [0.15, 0.2) is 48.5 Å². The van der Waals surface area contributed by atoms with E-state index in [4.69, 9.17) is 4.74 Å². The number of amides is 2. The smallest absolute Gasteiger partial charge is 0.257 e. The van der Waals surface area contributed by atoms with Gasteiger partial charge < -0.3 is 10.1 Å². The van der Waals surface area contributed by atoms with Crippen LogP contribution in [-0.2, 0) is 11.2 Å². The molecule has 0 radical (unpaired) electrons. The Balaban J connectivity index is 1.42. The number of nitrogens with zero attached hydrogens (tertiary/aromatic N) is 1. The molecule has 154 valence electrons. The van der Waals surface area contributed by atoms with Crippen LogP contribution in [0.5, 0.6) is 5.75 Å². The lowest BCUT2D eigenvalue weighted by Crippen LogP contribution is -2.20. The highest BCUT2D eigenvalue weighted by Crippen LogP contribution is 2.39. The predicted octanol–water partition coefficient (Wildman–Crippen LogP) is 4.77. The zero-order chi connectivity index (χ0) is 21.1. The maximum absolute atomic E-state index is 12.8. The molecule has 1 atom stereocenters. The molecule has 0 fully saturated rings. The molecule has 1 aliphatic rings. The molecule has 7 heteroatoms. The van der Waals surface area contributed by atoms with Crippen molar-refractivity contribution in [2.45, 2.75) is 32.6 Å². The van der Waals surface area contributed by atoms with E-state index >= 15 is 0 Å². The van der Waals surface area contributed by atoms with Crippen LogP contribution in [0.2, 0.25) is 0 Å². The number of ether oxygens (including phenoxy) is 1. The van der Waals surface area contributed by atoms with Crippen LogP contribution < -0.4 is 15.4 Å². The summed E-state index contributed by atoms with van der Waals surface area (Å²) in [6, 6.07) is 14.7. The van der Waals surface area contributed by atoms with Crippen molar-refractivity contribution in [2.75, 3.05) is 17.2 Å². The maximum atomic E-state index is 12.8. The summed E-state index contributed by atoms with van der Waals surface area (Å²) in [6.07, 6.45) is 1.51. The Labute approximate surface area is 179 Å². The molecule has 1 heterocycles. The zero-order valence-electron chi connectivity index (χ0n) is 16.9. The third-order valence-electron chi connectivity index (χ3n) is 5.00. The van der Waals surface area contributed by atoms with Gasteiger partial charge in [0.25, 0.3) is 5.91 Å². The van der Waals surface area contributed by atoms with Gasteiger partial charge in [0.05, 0.1) is 18.2 Å². The minimum absolute atomic E-state index is 0.0837. The van der Waals surface area contributed by atoms with Gasteiger partial charge in [0, 0.05) is 16.1 Å². The summed E-state index contributed by atoms with van der Waals surface area (Å²) in [5, 5.41) is 6.35. The van der Waals surface area contributed by atoms with E-state index < -0.39 is 0 Å². The molecule has 6 nitrogen and oxygen atoms in total. The monoisotopic (exact) mass is 421 g/mol. The van der Waals surface area contributed by atoms with E-state index in [1.807, 2.05) is 50.2 Å². The first-order valence-corrected chi connectivity index (χ1v) is 10.8. The van der Waals surface area contributed by atoms with E-state index in [0.29, 0.717) is 17.3 Å². The van der Waals surface area contributed by atoms with Crippen molar-refractivity contribution in [3.05, 3.63) is 70.2 Å². The molecule has 0 saturated carbocycles. The lowest BCUT2D eigenvalue weighted by Gasteiger charge is -2.11. The number of anilines is 2. The van der Waals surface area contributed by atoms with Gasteiger partial charge in [-0.1, -0.05) is 17.7 Å². The van der Waals surface area contributed by atoms with Crippen LogP contribution in [0.4, 0.5) is 10.8 Å². The number of rotatable bonds is 6. The maximum Gasteiger partial charge on any atom is 0.257 e. The van der Waals surface area contributed by atoms with Crippen LogP contribution in [0, 0.1) is 6.92 Å². The van der Waals surface area contributed by atoms with Crippen LogP contribution in [0.3, 0.4) is 0 Å². The number of fused-ring (bicyclic) bond motifs is 1. The number of carbonyl (C=O) groups is 2. The number of hydrogen-bond acceptors (Lipinski definition) is 5. The molecule has 0 aliphatic heterocycles. The molecule has 2 N–H and O–H groups in total. The Bertz CT molecular complexity index is 1060. The normalized spacial score (nSPS) is 14.8. The molecular weight excluding hydrogens is 398 g/mol. The molecule has 0 bridgehead atoms. The molecule has 4 rings (SSSR count). The van der Waals surface area contributed by atoms with E-state index in [1.165, 1.54) is 11.3 Å². The second-order valence-electron chi connectivity index (χ2n) is 7.19. The predicted molar refractivity (Wildman–Crippen MR) is 119 cm³/mol. The van der Waals surface area contributed by atoms with Crippen molar-refractivity contribution in [1.29, 1.82) is 0 Å². The zero-order valence-corrected chi connectivity index (χ0v) is 17.7.